The second-order valence-electron chi connectivity index (χ2n) is 6.24. The summed E-state index contributed by atoms with van der Waals surface area (Å²) in [6, 6.07) is 7.24. The van der Waals surface area contributed by atoms with Crippen LogP contribution in [0.3, 0.4) is 0 Å². The SMILES string of the molecule is CC1(C)COCCN1C(=O)Cc1coc(-c2ccc(Cl)cc2)n1. The van der Waals surface area contributed by atoms with Gasteiger partial charge >= 0.3 is 0 Å². The monoisotopic (exact) mass is 334 g/mol. The van der Waals surface area contributed by atoms with Crippen LogP contribution in [-0.4, -0.2) is 41.1 Å². The molecule has 1 amide bonds. The standard InChI is InChI=1S/C17H19ClN2O3/c1-17(2)11-22-8-7-20(17)15(21)9-14-10-23-16(19-14)12-3-5-13(18)6-4-12/h3-6,10H,7-9,11H2,1-2H3. The molecule has 1 saturated heterocycles. The van der Waals surface area contributed by atoms with Crippen molar-refractivity contribution >= 4 is 17.5 Å². The van der Waals surface area contributed by atoms with Gasteiger partial charge in [0, 0.05) is 17.1 Å². The van der Waals surface area contributed by atoms with Gasteiger partial charge in [-0.05, 0) is 38.1 Å². The van der Waals surface area contributed by atoms with Gasteiger partial charge in [-0.2, -0.15) is 0 Å². The number of carbonyl (C=O) groups is 1. The van der Waals surface area contributed by atoms with Gasteiger partial charge in [-0.15, -0.1) is 0 Å². The lowest BCUT2D eigenvalue weighted by Crippen LogP contribution is -2.55. The van der Waals surface area contributed by atoms with E-state index in [1.807, 2.05) is 30.9 Å². The predicted octanol–water partition coefficient (Wildman–Crippen LogP) is 3.17. The first-order valence-corrected chi connectivity index (χ1v) is 7.92. The Morgan fingerprint density at radius 3 is 2.78 bits per heavy atom. The summed E-state index contributed by atoms with van der Waals surface area (Å²) in [4.78, 5) is 18.8. The van der Waals surface area contributed by atoms with Crippen LogP contribution in [0.25, 0.3) is 11.5 Å². The summed E-state index contributed by atoms with van der Waals surface area (Å²) in [5.41, 5.74) is 1.17. The molecular formula is C17H19ClN2O3. The van der Waals surface area contributed by atoms with Crippen molar-refractivity contribution in [2.75, 3.05) is 19.8 Å². The maximum absolute atomic E-state index is 12.5. The molecule has 0 spiro atoms. The molecule has 1 aromatic carbocycles. The molecule has 6 heteroatoms. The smallest absolute Gasteiger partial charge is 0.229 e. The number of halogens is 1. The van der Waals surface area contributed by atoms with Crippen LogP contribution in [0.15, 0.2) is 34.9 Å². The molecule has 2 aromatic rings. The van der Waals surface area contributed by atoms with Crippen molar-refractivity contribution in [3.05, 3.63) is 41.2 Å². The fourth-order valence-electron chi connectivity index (χ4n) is 2.68. The van der Waals surface area contributed by atoms with Crippen LogP contribution >= 0.6 is 11.6 Å². The number of aromatic nitrogens is 1. The Hall–Kier alpha value is -1.85. The van der Waals surface area contributed by atoms with Crippen LogP contribution in [0.1, 0.15) is 19.5 Å². The Morgan fingerprint density at radius 1 is 1.35 bits per heavy atom. The van der Waals surface area contributed by atoms with Crippen LogP contribution in [0.2, 0.25) is 5.02 Å². The highest BCUT2D eigenvalue weighted by Crippen LogP contribution is 2.23. The highest BCUT2D eigenvalue weighted by atomic mass is 35.5. The summed E-state index contributed by atoms with van der Waals surface area (Å²) >= 11 is 5.87. The number of amides is 1. The number of nitrogens with zero attached hydrogens (tertiary/aromatic N) is 2. The fraction of sp³-hybridized carbons (Fsp3) is 0.412. The Balaban J connectivity index is 1.71. The van der Waals surface area contributed by atoms with Crippen LogP contribution < -0.4 is 0 Å². The summed E-state index contributed by atoms with van der Waals surface area (Å²) < 4.78 is 10.9. The van der Waals surface area contributed by atoms with E-state index < -0.39 is 0 Å². The Kier molecular flexibility index (Phi) is 4.41. The lowest BCUT2D eigenvalue weighted by Gasteiger charge is -2.42. The topological polar surface area (TPSA) is 55.6 Å². The van der Waals surface area contributed by atoms with Gasteiger partial charge in [-0.3, -0.25) is 4.79 Å². The van der Waals surface area contributed by atoms with Gasteiger partial charge in [0.05, 0.1) is 30.9 Å². The number of ether oxygens (including phenoxy) is 1. The largest absolute Gasteiger partial charge is 0.444 e. The molecule has 1 fully saturated rings. The highest BCUT2D eigenvalue weighted by molar-refractivity contribution is 6.30. The molecule has 0 radical (unpaired) electrons. The van der Waals surface area contributed by atoms with Gasteiger partial charge in [0.1, 0.15) is 6.26 Å². The third-order valence-corrected chi connectivity index (χ3v) is 4.17. The van der Waals surface area contributed by atoms with Crippen LogP contribution in [0.5, 0.6) is 0 Å². The minimum atomic E-state index is -0.294. The lowest BCUT2D eigenvalue weighted by molar-refractivity contribution is -0.145. The average Bonchev–Trinajstić information content (AvgIpc) is 2.95. The summed E-state index contributed by atoms with van der Waals surface area (Å²) in [5.74, 6) is 0.528. The summed E-state index contributed by atoms with van der Waals surface area (Å²) in [5, 5.41) is 0.658. The zero-order valence-electron chi connectivity index (χ0n) is 13.2. The average molecular weight is 335 g/mol. The molecular weight excluding hydrogens is 316 g/mol. The van der Waals surface area contributed by atoms with E-state index >= 15 is 0 Å². The molecule has 23 heavy (non-hydrogen) atoms. The minimum Gasteiger partial charge on any atom is -0.444 e. The molecule has 1 aromatic heterocycles. The third kappa shape index (κ3) is 3.57. The normalized spacial score (nSPS) is 17.3. The highest BCUT2D eigenvalue weighted by Gasteiger charge is 2.34. The Labute approximate surface area is 140 Å². The van der Waals surface area contributed by atoms with Crippen molar-refractivity contribution in [2.24, 2.45) is 0 Å². The zero-order chi connectivity index (χ0) is 16.4. The minimum absolute atomic E-state index is 0.0363. The lowest BCUT2D eigenvalue weighted by atomic mass is 10.0. The van der Waals surface area contributed by atoms with E-state index in [4.69, 9.17) is 20.8 Å². The first kappa shape index (κ1) is 16.0. The maximum Gasteiger partial charge on any atom is 0.229 e. The Bertz CT molecular complexity index is 694. The number of carbonyl (C=O) groups excluding carboxylic acids is 1. The molecule has 0 N–H and O–H groups in total. The molecule has 0 saturated carbocycles. The second-order valence-corrected chi connectivity index (χ2v) is 6.67. The fourth-order valence-corrected chi connectivity index (χ4v) is 2.81. The van der Waals surface area contributed by atoms with Crippen molar-refractivity contribution in [2.45, 2.75) is 25.8 Å². The van der Waals surface area contributed by atoms with E-state index in [-0.39, 0.29) is 17.9 Å². The van der Waals surface area contributed by atoms with Crippen molar-refractivity contribution in [3.8, 4) is 11.5 Å². The number of hydrogen-bond acceptors (Lipinski definition) is 4. The van der Waals surface area contributed by atoms with E-state index in [9.17, 15) is 4.79 Å². The first-order valence-electron chi connectivity index (χ1n) is 7.54. The van der Waals surface area contributed by atoms with Gasteiger partial charge in [0.15, 0.2) is 0 Å². The molecule has 3 rings (SSSR count). The summed E-state index contributed by atoms with van der Waals surface area (Å²) in [6.07, 6.45) is 1.76. The first-order chi connectivity index (χ1) is 11.0. The van der Waals surface area contributed by atoms with Crippen LogP contribution in [0, 0.1) is 0 Å². The molecule has 1 aliphatic rings. The van der Waals surface area contributed by atoms with E-state index in [0.717, 1.165) is 5.56 Å². The van der Waals surface area contributed by atoms with Gasteiger partial charge in [-0.25, -0.2) is 4.98 Å². The molecule has 122 valence electrons. The van der Waals surface area contributed by atoms with Gasteiger partial charge in [0.25, 0.3) is 0 Å². The molecule has 0 unspecified atom stereocenters. The number of benzene rings is 1. The summed E-state index contributed by atoms with van der Waals surface area (Å²) in [6.45, 7) is 5.74. The number of hydrogen-bond donors (Lipinski definition) is 0. The van der Waals surface area contributed by atoms with E-state index in [1.54, 1.807) is 12.1 Å². The maximum atomic E-state index is 12.5. The van der Waals surface area contributed by atoms with Gasteiger partial charge in [0.2, 0.25) is 11.8 Å². The number of morpholine rings is 1. The third-order valence-electron chi connectivity index (χ3n) is 3.92. The van der Waals surface area contributed by atoms with E-state index in [1.165, 1.54) is 6.26 Å². The molecule has 0 bridgehead atoms. The van der Waals surface area contributed by atoms with Crippen molar-refractivity contribution < 1.29 is 13.9 Å². The van der Waals surface area contributed by atoms with Crippen molar-refractivity contribution in [1.82, 2.24) is 9.88 Å². The second kappa shape index (κ2) is 6.34. The number of rotatable bonds is 3. The Morgan fingerprint density at radius 2 is 2.09 bits per heavy atom. The van der Waals surface area contributed by atoms with E-state index in [0.29, 0.717) is 36.4 Å². The summed E-state index contributed by atoms with van der Waals surface area (Å²) in [7, 11) is 0. The molecule has 0 aliphatic carbocycles. The van der Waals surface area contributed by atoms with E-state index in [2.05, 4.69) is 4.98 Å². The molecule has 5 nitrogen and oxygen atoms in total. The van der Waals surface area contributed by atoms with Crippen molar-refractivity contribution in [3.63, 3.8) is 0 Å². The number of oxazole rings is 1. The van der Waals surface area contributed by atoms with Crippen molar-refractivity contribution in [1.29, 1.82) is 0 Å². The zero-order valence-corrected chi connectivity index (χ0v) is 14.0. The van der Waals surface area contributed by atoms with Crippen LogP contribution in [-0.2, 0) is 16.0 Å². The quantitative estimate of drug-likeness (QED) is 0.865. The molecule has 0 atom stereocenters. The molecule has 1 aliphatic heterocycles. The van der Waals surface area contributed by atoms with Gasteiger partial charge in [-0.1, -0.05) is 11.6 Å². The molecule has 2 heterocycles. The van der Waals surface area contributed by atoms with Gasteiger partial charge < -0.3 is 14.1 Å². The predicted molar refractivity (Wildman–Crippen MR) is 87.3 cm³/mol. The van der Waals surface area contributed by atoms with Crippen LogP contribution in [0.4, 0.5) is 0 Å².